The van der Waals surface area contributed by atoms with E-state index in [1.807, 2.05) is 0 Å². The van der Waals surface area contributed by atoms with Crippen molar-refractivity contribution in [1.29, 1.82) is 5.26 Å². The predicted octanol–water partition coefficient (Wildman–Crippen LogP) is 2.62. The molecule has 2 saturated carbocycles. The highest BCUT2D eigenvalue weighted by atomic mass is 16.2. The first kappa shape index (κ1) is 12.4. The summed E-state index contributed by atoms with van der Waals surface area (Å²) in [5.41, 5.74) is -0.510. The number of nitrogens with one attached hydrogen (secondary N) is 1. The van der Waals surface area contributed by atoms with Gasteiger partial charge in [-0.3, -0.25) is 4.79 Å². The van der Waals surface area contributed by atoms with E-state index in [1.165, 1.54) is 25.7 Å². The van der Waals surface area contributed by atoms with Crippen LogP contribution >= 0.6 is 0 Å². The average Bonchev–Trinajstić information content (AvgIpc) is 2.90. The summed E-state index contributed by atoms with van der Waals surface area (Å²) in [6, 6.07) is 2.15. The average molecular weight is 234 g/mol. The highest BCUT2D eigenvalue weighted by Crippen LogP contribution is 2.45. The van der Waals surface area contributed by atoms with Crippen LogP contribution in [0, 0.1) is 28.1 Å². The van der Waals surface area contributed by atoms with Crippen LogP contribution in [0.2, 0.25) is 0 Å². The second-order valence-corrected chi connectivity index (χ2v) is 6.35. The van der Waals surface area contributed by atoms with Gasteiger partial charge in [0.1, 0.15) is 5.41 Å². The van der Waals surface area contributed by atoms with Gasteiger partial charge in [0.05, 0.1) is 6.07 Å². The maximum Gasteiger partial charge on any atom is 0.240 e. The Morgan fingerprint density at radius 1 is 1.41 bits per heavy atom. The molecule has 0 atom stereocenters. The van der Waals surface area contributed by atoms with Crippen LogP contribution in [0.3, 0.4) is 0 Å². The molecule has 0 unspecified atom stereocenters. The zero-order valence-electron chi connectivity index (χ0n) is 10.9. The van der Waals surface area contributed by atoms with Crippen molar-refractivity contribution >= 4 is 5.91 Å². The first-order chi connectivity index (χ1) is 8.00. The highest BCUT2D eigenvalue weighted by Gasteiger charge is 2.50. The Kier molecular flexibility index (Phi) is 3.16. The summed E-state index contributed by atoms with van der Waals surface area (Å²) in [7, 11) is 0. The van der Waals surface area contributed by atoms with E-state index in [0.29, 0.717) is 6.54 Å². The largest absolute Gasteiger partial charge is 0.354 e. The van der Waals surface area contributed by atoms with Crippen molar-refractivity contribution in [3.05, 3.63) is 0 Å². The molecule has 2 fully saturated rings. The van der Waals surface area contributed by atoms with Crippen molar-refractivity contribution in [2.75, 3.05) is 6.54 Å². The zero-order chi connectivity index (χ0) is 12.5. The molecule has 3 nitrogen and oxygen atoms in total. The van der Waals surface area contributed by atoms with Gasteiger partial charge >= 0.3 is 0 Å². The molecule has 0 spiro atoms. The monoisotopic (exact) mass is 234 g/mol. The van der Waals surface area contributed by atoms with Crippen LogP contribution in [-0.2, 0) is 4.79 Å². The standard InChI is InChI=1S/C14H22N2O/c1-13(2,11-5-3-4-6-11)10-16-12(17)14(9-15)7-8-14/h11H,3-8,10H2,1-2H3,(H,16,17). The Hall–Kier alpha value is -1.04. The van der Waals surface area contributed by atoms with E-state index in [4.69, 9.17) is 5.26 Å². The molecule has 3 heteroatoms. The summed E-state index contributed by atoms with van der Waals surface area (Å²) < 4.78 is 0. The van der Waals surface area contributed by atoms with Gasteiger partial charge in [0.25, 0.3) is 0 Å². The third-order valence-electron chi connectivity index (χ3n) is 4.56. The predicted molar refractivity (Wildman–Crippen MR) is 66.0 cm³/mol. The fourth-order valence-corrected chi connectivity index (χ4v) is 2.84. The van der Waals surface area contributed by atoms with Crippen LogP contribution in [0.5, 0.6) is 0 Å². The van der Waals surface area contributed by atoms with Crippen molar-refractivity contribution in [3.63, 3.8) is 0 Å². The lowest BCUT2D eigenvalue weighted by atomic mass is 9.77. The maximum absolute atomic E-state index is 11.9. The van der Waals surface area contributed by atoms with E-state index in [1.54, 1.807) is 0 Å². The number of amides is 1. The van der Waals surface area contributed by atoms with Gasteiger partial charge in [-0.2, -0.15) is 5.26 Å². The van der Waals surface area contributed by atoms with Crippen LogP contribution in [0.1, 0.15) is 52.4 Å². The topological polar surface area (TPSA) is 52.9 Å². The van der Waals surface area contributed by atoms with Gasteiger partial charge in [-0.05, 0) is 37.0 Å². The Morgan fingerprint density at radius 3 is 2.47 bits per heavy atom. The van der Waals surface area contributed by atoms with E-state index < -0.39 is 5.41 Å². The number of carbonyl (C=O) groups excluding carboxylic acids is 1. The molecule has 0 aromatic rings. The van der Waals surface area contributed by atoms with Crippen molar-refractivity contribution in [1.82, 2.24) is 5.32 Å². The summed E-state index contributed by atoms with van der Waals surface area (Å²) >= 11 is 0. The molecule has 0 saturated heterocycles. The number of carbonyl (C=O) groups is 1. The minimum Gasteiger partial charge on any atom is -0.354 e. The molecule has 17 heavy (non-hydrogen) atoms. The number of nitrogens with zero attached hydrogens (tertiary/aromatic N) is 1. The molecule has 0 aromatic heterocycles. The summed E-state index contributed by atoms with van der Waals surface area (Å²) in [5, 5.41) is 11.9. The van der Waals surface area contributed by atoms with Crippen LogP contribution in [0.4, 0.5) is 0 Å². The number of hydrogen-bond acceptors (Lipinski definition) is 2. The van der Waals surface area contributed by atoms with Gasteiger partial charge in [0.15, 0.2) is 0 Å². The van der Waals surface area contributed by atoms with Gasteiger partial charge in [0.2, 0.25) is 5.91 Å². The molecule has 0 radical (unpaired) electrons. The third-order valence-corrected chi connectivity index (χ3v) is 4.56. The van der Waals surface area contributed by atoms with Gasteiger partial charge in [0, 0.05) is 6.54 Å². The van der Waals surface area contributed by atoms with Gasteiger partial charge in [-0.25, -0.2) is 0 Å². The number of rotatable bonds is 4. The van der Waals surface area contributed by atoms with Crippen LogP contribution in [0.15, 0.2) is 0 Å². The second-order valence-electron chi connectivity index (χ2n) is 6.35. The smallest absolute Gasteiger partial charge is 0.240 e. The fourth-order valence-electron chi connectivity index (χ4n) is 2.84. The maximum atomic E-state index is 11.9. The Balaban J connectivity index is 1.85. The zero-order valence-corrected chi connectivity index (χ0v) is 10.9. The SMILES string of the molecule is CC(C)(CNC(=O)C1(C#N)CC1)C1CCCC1. The molecule has 1 N–H and O–H groups in total. The van der Waals surface area contributed by atoms with Gasteiger partial charge in [-0.15, -0.1) is 0 Å². The Bertz CT molecular complexity index is 344. The van der Waals surface area contributed by atoms with Crippen LogP contribution < -0.4 is 5.32 Å². The van der Waals surface area contributed by atoms with Crippen molar-refractivity contribution in [3.8, 4) is 6.07 Å². The fraction of sp³-hybridized carbons (Fsp3) is 0.857. The summed E-state index contributed by atoms with van der Waals surface area (Å²) in [4.78, 5) is 11.9. The normalized spacial score (nSPS) is 23.1. The molecular formula is C14H22N2O. The number of hydrogen-bond donors (Lipinski definition) is 1. The quantitative estimate of drug-likeness (QED) is 0.813. The molecule has 2 rings (SSSR count). The van der Waals surface area contributed by atoms with Gasteiger partial charge in [-0.1, -0.05) is 26.7 Å². The first-order valence-corrected chi connectivity index (χ1v) is 6.70. The molecule has 94 valence electrons. The first-order valence-electron chi connectivity index (χ1n) is 6.70. The summed E-state index contributed by atoms with van der Waals surface area (Å²) in [6.45, 7) is 5.17. The second kappa shape index (κ2) is 4.33. The van der Waals surface area contributed by atoms with Gasteiger partial charge < -0.3 is 5.32 Å². The Labute approximate surface area is 104 Å². The molecule has 2 aliphatic carbocycles. The Morgan fingerprint density at radius 2 is 2.00 bits per heavy atom. The van der Waals surface area contributed by atoms with E-state index in [-0.39, 0.29) is 11.3 Å². The lowest BCUT2D eigenvalue weighted by Crippen LogP contribution is -2.40. The lowest BCUT2D eigenvalue weighted by Gasteiger charge is -2.32. The van der Waals surface area contributed by atoms with Crippen LogP contribution in [0.25, 0.3) is 0 Å². The van der Waals surface area contributed by atoms with Crippen molar-refractivity contribution < 1.29 is 4.79 Å². The third kappa shape index (κ3) is 2.46. The van der Waals surface area contributed by atoms with E-state index >= 15 is 0 Å². The van der Waals surface area contributed by atoms with E-state index in [2.05, 4.69) is 25.2 Å². The number of nitriles is 1. The lowest BCUT2D eigenvalue weighted by molar-refractivity contribution is -0.125. The molecular weight excluding hydrogens is 212 g/mol. The summed E-state index contributed by atoms with van der Waals surface area (Å²) in [5.74, 6) is 0.672. The minimum absolute atomic E-state index is 0.0499. The molecule has 0 bridgehead atoms. The highest BCUT2D eigenvalue weighted by molar-refractivity contribution is 5.88. The molecule has 0 aliphatic heterocycles. The summed E-state index contributed by atoms with van der Waals surface area (Å²) in [6.07, 6.45) is 6.69. The van der Waals surface area contributed by atoms with Crippen molar-refractivity contribution in [2.45, 2.75) is 52.4 Å². The van der Waals surface area contributed by atoms with Crippen LogP contribution in [-0.4, -0.2) is 12.5 Å². The minimum atomic E-state index is -0.675. The van der Waals surface area contributed by atoms with E-state index in [9.17, 15) is 4.79 Å². The molecule has 0 aromatic carbocycles. The van der Waals surface area contributed by atoms with E-state index in [0.717, 1.165) is 18.8 Å². The molecule has 0 heterocycles. The molecule has 1 amide bonds. The molecule has 2 aliphatic rings. The van der Waals surface area contributed by atoms with Crippen molar-refractivity contribution in [2.24, 2.45) is 16.7 Å².